The molecule has 1 aliphatic rings. The van der Waals surface area contributed by atoms with Crippen LogP contribution in [0.25, 0.3) is 10.4 Å². The van der Waals surface area contributed by atoms with E-state index in [4.69, 9.17) is 10.3 Å². The van der Waals surface area contributed by atoms with Crippen molar-refractivity contribution in [1.82, 2.24) is 4.90 Å². The van der Waals surface area contributed by atoms with Gasteiger partial charge >= 0.3 is 5.97 Å². The average molecular weight is 417 g/mol. The first-order valence-electron chi connectivity index (χ1n) is 10.8. The minimum atomic E-state index is -0.306. The summed E-state index contributed by atoms with van der Waals surface area (Å²) in [6.07, 6.45) is 8.28. The van der Waals surface area contributed by atoms with E-state index in [1.165, 1.54) is 7.11 Å². The average Bonchev–Trinajstić information content (AvgIpc) is 2.92. The van der Waals surface area contributed by atoms with Gasteiger partial charge in [0.25, 0.3) is 5.91 Å². The monoisotopic (exact) mass is 416 g/mol. The zero-order valence-electron chi connectivity index (χ0n) is 17.8. The number of carbonyl (C=O) groups is 2. The van der Waals surface area contributed by atoms with Gasteiger partial charge in [0.15, 0.2) is 0 Å². The Hall–Kier alpha value is -2.73. The van der Waals surface area contributed by atoms with Gasteiger partial charge in [0.1, 0.15) is 5.75 Å². The van der Waals surface area contributed by atoms with Gasteiger partial charge in [0.2, 0.25) is 0 Å². The number of nitrogens with zero attached hydrogens (tertiary/aromatic N) is 4. The summed E-state index contributed by atoms with van der Waals surface area (Å²) in [6, 6.07) is 5.76. The molecule has 30 heavy (non-hydrogen) atoms. The van der Waals surface area contributed by atoms with Gasteiger partial charge in [-0.05, 0) is 48.9 Å². The van der Waals surface area contributed by atoms with Crippen LogP contribution in [0, 0.1) is 0 Å². The number of carbonyl (C=O) groups excluding carboxylic acids is 2. The molecular weight excluding hydrogens is 384 g/mol. The third-order valence-electron chi connectivity index (χ3n) is 5.27. The predicted molar refractivity (Wildman–Crippen MR) is 115 cm³/mol. The van der Waals surface area contributed by atoms with Crippen LogP contribution < -0.4 is 4.74 Å². The molecule has 1 aromatic rings. The molecule has 0 saturated carbocycles. The Morgan fingerprint density at radius 1 is 1.20 bits per heavy atom. The maximum Gasteiger partial charge on any atom is 0.307 e. The highest BCUT2D eigenvalue weighted by atomic mass is 16.5. The van der Waals surface area contributed by atoms with E-state index in [-0.39, 0.29) is 18.3 Å². The Kier molecular flexibility index (Phi) is 10.6. The summed E-state index contributed by atoms with van der Waals surface area (Å²) >= 11 is 0. The van der Waals surface area contributed by atoms with Crippen LogP contribution in [0.2, 0.25) is 0 Å². The molecule has 1 amide bonds. The Bertz CT molecular complexity index is 747. The molecule has 0 aliphatic carbocycles. The Morgan fingerprint density at radius 3 is 2.73 bits per heavy atom. The lowest BCUT2D eigenvalue weighted by Gasteiger charge is -2.20. The summed E-state index contributed by atoms with van der Waals surface area (Å²) in [6.45, 7) is 2.22. The largest absolute Gasteiger partial charge is 0.494 e. The maximum absolute atomic E-state index is 12.9. The molecular formula is C22H32N4O4. The molecule has 164 valence electrons. The van der Waals surface area contributed by atoms with Crippen LogP contribution in [0.1, 0.15) is 67.3 Å². The van der Waals surface area contributed by atoms with Crippen molar-refractivity contribution >= 4 is 11.9 Å². The molecule has 0 bridgehead atoms. The van der Waals surface area contributed by atoms with Crippen molar-refractivity contribution in [2.24, 2.45) is 5.11 Å². The molecule has 0 N–H and O–H groups in total. The molecule has 0 radical (unpaired) electrons. The molecule has 0 saturated heterocycles. The summed E-state index contributed by atoms with van der Waals surface area (Å²) in [5.41, 5.74) is 9.94. The van der Waals surface area contributed by atoms with Gasteiger partial charge in [-0.1, -0.05) is 36.9 Å². The number of hydrogen-bond acceptors (Lipinski definition) is 5. The minimum Gasteiger partial charge on any atom is -0.494 e. The third kappa shape index (κ3) is 7.95. The van der Waals surface area contributed by atoms with Gasteiger partial charge in [-0.25, -0.2) is 0 Å². The van der Waals surface area contributed by atoms with E-state index >= 15 is 0 Å². The van der Waals surface area contributed by atoms with Crippen LogP contribution in [-0.4, -0.2) is 50.1 Å². The number of azide groups is 1. The van der Waals surface area contributed by atoms with E-state index in [1.807, 2.05) is 18.2 Å². The smallest absolute Gasteiger partial charge is 0.307 e. The highest BCUT2D eigenvalue weighted by Crippen LogP contribution is 2.24. The Balaban J connectivity index is 1.77. The van der Waals surface area contributed by atoms with Gasteiger partial charge in [-0.15, -0.1) is 0 Å². The van der Waals surface area contributed by atoms with E-state index < -0.39 is 0 Å². The van der Waals surface area contributed by atoms with Crippen LogP contribution >= 0.6 is 0 Å². The zero-order chi connectivity index (χ0) is 21.6. The number of unbranched alkanes of at least 4 members (excludes halogenated alkanes) is 5. The summed E-state index contributed by atoms with van der Waals surface area (Å²) in [5.74, 6) is 0.365. The Labute approximate surface area is 178 Å². The van der Waals surface area contributed by atoms with Crippen LogP contribution in [-0.2, 0) is 16.0 Å². The molecule has 8 heteroatoms. The number of fused-ring (bicyclic) bond motifs is 1. The molecule has 0 spiro atoms. The second-order valence-electron chi connectivity index (χ2n) is 7.47. The zero-order valence-corrected chi connectivity index (χ0v) is 17.8. The number of aryl methyl sites for hydroxylation is 1. The van der Waals surface area contributed by atoms with Crippen LogP contribution in [0.5, 0.6) is 5.75 Å². The van der Waals surface area contributed by atoms with Crippen molar-refractivity contribution in [2.75, 3.05) is 33.4 Å². The predicted octanol–water partition coefficient (Wildman–Crippen LogP) is 4.67. The second kappa shape index (κ2) is 13.5. The van der Waals surface area contributed by atoms with Gasteiger partial charge in [0, 0.05) is 30.1 Å². The fourth-order valence-corrected chi connectivity index (χ4v) is 3.56. The summed E-state index contributed by atoms with van der Waals surface area (Å²) in [7, 11) is 1.36. The quantitative estimate of drug-likeness (QED) is 0.153. The molecule has 0 fully saturated rings. The topological polar surface area (TPSA) is 105 Å². The number of esters is 1. The Morgan fingerprint density at radius 2 is 1.97 bits per heavy atom. The number of hydrogen-bond donors (Lipinski definition) is 0. The highest BCUT2D eigenvalue weighted by molar-refractivity contribution is 5.96. The summed E-state index contributed by atoms with van der Waals surface area (Å²) < 4.78 is 10.6. The van der Waals surface area contributed by atoms with Gasteiger partial charge in [-0.3, -0.25) is 9.59 Å². The summed E-state index contributed by atoms with van der Waals surface area (Å²) in [4.78, 5) is 28.8. The third-order valence-corrected chi connectivity index (χ3v) is 5.27. The first-order chi connectivity index (χ1) is 14.7. The van der Waals surface area contributed by atoms with E-state index in [2.05, 4.69) is 14.8 Å². The number of amides is 1. The van der Waals surface area contributed by atoms with Crippen molar-refractivity contribution < 1.29 is 19.1 Å². The lowest BCUT2D eigenvalue weighted by atomic mass is 10.0. The minimum absolute atomic E-state index is 0.0439. The molecule has 0 aromatic heterocycles. The molecule has 1 aromatic carbocycles. The maximum atomic E-state index is 12.9. The normalized spacial score (nSPS) is 13.2. The van der Waals surface area contributed by atoms with E-state index in [0.717, 1.165) is 56.9 Å². The number of methoxy groups -OCH3 is 1. The summed E-state index contributed by atoms with van der Waals surface area (Å²) in [5, 5.41) is 3.53. The molecule has 1 heterocycles. The first kappa shape index (κ1) is 23.5. The van der Waals surface area contributed by atoms with E-state index in [0.29, 0.717) is 37.6 Å². The van der Waals surface area contributed by atoms with Gasteiger partial charge in [-0.2, -0.15) is 0 Å². The SMILES string of the molecule is COC(=O)CCN1CCCc2ccc(OCCCCCCCCN=[N+]=[N-])cc2C1=O. The van der Waals surface area contributed by atoms with Gasteiger partial charge in [0.05, 0.1) is 20.1 Å². The standard InChI is InChI=1S/C22H32N4O4/c1-29-21(27)12-15-26-14-8-9-18-10-11-19(17-20(18)22(26)28)30-16-7-5-3-2-4-6-13-24-25-23/h10-11,17H,2-9,12-16H2,1H3. The van der Waals surface area contributed by atoms with E-state index in [9.17, 15) is 9.59 Å². The number of rotatable bonds is 13. The molecule has 2 rings (SSSR count). The van der Waals surface area contributed by atoms with Crippen molar-refractivity contribution in [1.29, 1.82) is 0 Å². The van der Waals surface area contributed by atoms with Crippen molar-refractivity contribution in [3.05, 3.63) is 39.8 Å². The van der Waals surface area contributed by atoms with Crippen molar-refractivity contribution in [2.45, 2.75) is 57.8 Å². The van der Waals surface area contributed by atoms with E-state index in [1.54, 1.807) is 4.90 Å². The molecule has 1 aliphatic heterocycles. The van der Waals surface area contributed by atoms with Crippen molar-refractivity contribution in [3.63, 3.8) is 0 Å². The fourth-order valence-electron chi connectivity index (χ4n) is 3.56. The van der Waals surface area contributed by atoms with Crippen LogP contribution in [0.4, 0.5) is 0 Å². The molecule has 8 nitrogen and oxygen atoms in total. The van der Waals surface area contributed by atoms with Gasteiger partial charge < -0.3 is 14.4 Å². The van der Waals surface area contributed by atoms with Crippen LogP contribution in [0.3, 0.4) is 0 Å². The fraction of sp³-hybridized carbons (Fsp3) is 0.636. The highest BCUT2D eigenvalue weighted by Gasteiger charge is 2.23. The lowest BCUT2D eigenvalue weighted by Crippen LogP contribution is -2.33. The number of ether oxygens (including phenoxy) is 2. The lowest BCUT2D eigenvalue weighted by molar-refractivity contribution is -0.140. The number of benzene rings is 1. The molecule has 0 unspecified atom stereocenters. The van der Waals surface area contributed by atoms with Crippen molar-refractivity contribution in [3.8, 4) is 5.75 Å². The first-order valence-corrected chi connectivity index (χ1v) is 10.8. The van der Waals surface area contributed by atoms with Crippen LogP contribution in [0.15, 0.2) is 23.3 Å². The second-order valence-corrected chi connectivity index (χ2v) is 7.47. The molecule has 0 atom stereocenters.